The molecule has 2 heterocycles. The Bertz CT molecular complexity index is 1750. The zero-order valence-electron chi connectivity index (χ0n) is 25.1. The molecule has 0 radical (unpaired) electrons. The third-order valence-electron chi connectivity index (χ3n) is 10.7. The van der Waals surface area contributed by atoms with Gasteiger partial charge in [0, 0.05) is 22.6 Å². The first kappa shape index (κ1) is 29.6. The number of Topliss-reactive ketones (excluding diaryl/α,β-unsaturated/α-hetero) is 1. The van der Waals surface area contributed by atoms with Gasteiger partial charge in [-0.2, -0.15) is 0 Å². The highest BCUT2D eigenvalue weighted by Gasteiger charge is 2.72. The number of phenolic OH excluding ortho intramolecular Hbond substituents is 1. The number of allylic oxidation sites excluding steroid dienone is 2. The van der Waals surface area contributed by atoms with E-state index >= 15 is 0 Å². The highest BCUT2D eigenvalue weighted by Crippen LogP contribution is 2.72. The van der Waals surface area contributed by atoms with Gasteiger partial charge in [0.1, 0.15) is 17.0 Å². The molecule has 9 heteroatoms. The minimum absolute atomic E-state index is 0.0100. The largest absolute Gasteiger partial charge is 0.506 e. The van der Waals surface area contributed by atoms with Crippen LogP contribution in [0.3, 0.4) is 0 Å². The second-order valence-electron chi connectivity index (χ2n) is 13.5. The number of ether oxygens (including phenoxy) is 1. The van der Waals surface area contributed by atoms with Crippen LogP contribution >= 0.6 is 11.8 Å². The molecule has 2 saturated carbocycles. The fourth-order valence-electron chi connectivity index (χ4n) is 8.76. The fourth-order valence-corrected chi connectivity index (χ4v) is 9.91. The van der Waals surface area contributed by atoms with E-state index in [-0.39, 0.29) is 47.4 Å². The average molecular weight is 626 g/mol. The maximum absolute atomic E-state index is 14.5. The minimum Gasteiger partial charge on any atom is -0.506 e. The summed E-state index contributed by atoms with van der Waals surface area (Å²) in [5.74, 6) is -2.76. The van der Waals surface area contributed by atoms with Gasteiger partial charge in [-0.15, -0.1) is 0 Å². The highest BCUT2D eigenvalue weighted by atomic mass is 32.2. The molecule has 8 nitrogen and oxygen atoms in total. The van der Waals surface area contributed by atoms with Crippen LogP contribution in [0.2, 0.25) is 0 Å². The van der Waals surface area contributed by atoms with Crippen LogP contribution in [0.5, 0.6) is 11.5 Å². The molecule has 1 amide bonds. The summed E-state index contributed by atoms with van der Waals surface area (Å²) in [4.78, 5) is 40.8. The van der Waals surface area contributed by atoms with Gasteiger partial charge in [0.2, 0.25) is 5.91 Å². The van der Waals surface area contributed by atoms with Crippen molar-refractivity contribution >= 4 is 35.1 Å². The Balaban J connectivity index is 1.17. The molecule has 3 aliphatic carbocycles. The van der Waals surface area contributed by atoms with Gasteiger partial charge in [0.15, 0.2) is 11.5 Å². The molecular formula is C36H35NO7S. The molecule has 45 heavy (non-hydrogen) atoms. The van der Waals surface area contributed by atoms with Crippen molar-refractivity contribution in [3.63, 3.8) is 0 Å². The van der Waals surface area contributed by atoms with Crippen molar-refractivity contribution in [2.45, 2.75) is 62.6 Å². The number of benzene rings is 3. The maximum atomic E-state index is 14.5. The molecule has 1 spiro atoms. The van der Waals surface area contributed by atoms with Crippen molar-refractivity contribution in [2.75, 3.05) is 5.32 Å². The van der Waals surface area contributed by atoms with Crippen LogP contribution < -0.4 is 5.32 Å². The Morgan fingerprint density at radius 1 is 1.00 bits per heavy atom. The van der Waals surface area contributed by atoms with Crippen molar-refractivity contribution < 1.29 is 34.4 Å². The number of phenols is 2. The molecule has 3 aromatic carbocycles. The molecular weight excluding hydrogens is 590 g/mol. The normalized spacial score (nSPS) is 31.0. The number of anilines is 1. The van der Waals surface area contributed by atoms with E-state index in [0.29, 0.717) is 10.8 Å². The van der Waals surface area contributed by atoms with Crippen molar-refractivity contribution in [2.24, 2.45) is 22.7 Å². The van der Waals surface area contributed by atoms with E-state index in [4.69, 9.17) is 4.74 Å². The molecule has 4 N–H and O–H groups in total. The van der Waals surface area contributed by atoms with Gasteiger partial charge in [-0.25, -0.2) is 4.79 Å². The Hall–Kier alpha value is -4.08. The predicted octanol–water partition coefficient (Wildman–Crippen LogP) is 7.02. The third-order valence-corrected chi connectivity index (χ3v) is 11.7. The highest BCUT2D eigenvalue weighted by molar-refractivity contribution is 8.04. The number of amides is 1. The first-order valence-corrected chi connectivity index (χ1v) is 16.1. The summed E-state index contributed by atoms with van der Waals surface area (Å²) >= 11 is 1.48. The number of hydrogen-bond donors (Lipinski definition) is 4. The molecule has 4 bridgehead atoms. The number of aromatic carboxylic acids is 1. The van der Waals surface area contributed by atoms with E-state index in [2.05, 4.69) is 42.6 Å². The summed E-state index contributed by atoms with van der Waals surface area (Å²) in [6.45, 7) is 4.15. The Labute approximate surface area is 265 Å². The van der Waals surface area contributed by atoms with Crippen LogP contribution in [-0.4, -0.2) is 44.7 Å². The van der Waals surface area contributed by atoms with Crippen LogP contribution in [0.4, 0.5) is 5.69 Å². The average Bonchev–Trinajstić information content (AvgIpc) is 3.38. The Morgan fingerprint density at radius 2 is 1.71 bits per heavy atom. The number of carboxylic acid groups (broad SMARTS) is 1. The van der Waals surface area contributed by atoms with Crippen LogP contribution in [0, 0.1) is 22.7 Å². The lowest BCUT2D eigenvalue weighted by Crippen LogP contribution is -2.57. The van der Waals surface area contributed by atoms with Crippen LogP contribution in [0.15, 0.2) is 82.6 Å². The standard InChI is InChI=1S/C36H35NO7S/c1-34(15-14-28(39)37-29-25(38)13-12-24(30(29)40)33(42)43)31-26-16-22-17-36(31,19-35(22,2)44-26)18-27(32(34)41)45-23-10-8-21(9-11-23)20-6-4-3-5-7-20/h3-13,18,22,26,31,38,40H,14-17,19H2,1-2H3,(H,37,39)(H,42,43)/t22-,26+,31+,34+,35+,36-/m1/s1. The van der Waals surface area contributed by atoms with E-state index in [1.165, 1.54) is 11.8 Å². The van der Waals surface area contributed by atoms with Crippen LogP contribution in [-0.2, 0) is 14.3 Å². The number of rotatable bonds is 8. The minimum atomic E-state index is -1.39. The molecule has 5 aliphatic rings. The zero-order valence-corrected chi connectivity index (χ0v) is 25.9. The summed E-state index contributed by atoms with van der Waals surface area (Å²) in [7, 11) is 0. The van der Waals surface area contributed by atoms with Crippen LogP contribution in [0.1, 0.15) is 56.3 Å². The second-order valence-corrected chi connectivity index (χ2v) is 14.6. The van der Waals surface area contributed by atoms with E-state index in [1.807, 2.05) is 37.3 Å². The first-order valence-electron chi connectivity index (χ1n) is 15.3. The van der Waals surface area contributed by atoms with Gasteiger partial charge in [-0.05, 0) is 79.3 Å². The lowest BCUT2D eigenvalue weighted by molar-refractivity contribution is -0.169. The number of aromatic hydroxyl groups is 2. The van der Waals surface area contributed by atoms with Gasteiger partial charge >= 0.3 is 5.97 Å². The Kier molecular flexibility index (Phi) is 6.91. The zero-order chi connectivity index (χ0) is 31.7. The fraction of sp³-hybridized carbons (Fsp3) is 0.361. The van der Waals surface area contributed by atoms with Gasteiger partial charge in [-0.3, -0.25) is 9.59 Å². The number of ketones is 1. The summed E-state index contributed by atoms with van der Waals surface area (Å²) in [5.41, 5.74) is 0.101. The monoisotopic (exact) mass is 625 g/mol. The van der Waals surface area contributed by atoms with Gasteiger partial charge < -0.3 is 25.4 Å². The third kappa shape index (κ3) is 4.75. The first-order chi connectivity index (χ1) is 21.4. The van der Waals surface area contributed by atoms with Crippen molar-refractivity contribution in [1.82, 2.24) is 0 Å². The molecule has 2 saturated heterocycles. The smallest absolute Gasteiger partial charge is 0.339 e. The number of nitrogens with one attached hydrogen (secondary N) is 1. The molecule has 0 unspecified atom stereocenters. The molecule has 8 rings (SSSR count). The molecule has 4 fully saturated rings. The van der Waals surface area contributed by atoms with Gasteiger partial charge in [-0.1, -0.05) is 67.2 Å². The summed E-state index contributed by atoms with van der Waals surface area (Å²) < 4.78 is 6.61. The van der Waals surface area contributed by atoms with Gasteiger partial charge in [0.05, 0.1) is 16.6 Å². The Morgan fingerprint density at radius 3 is 2.40 bits per heavy atom. The molecule has 2 aliphatic heterocycles. The van der Waals surface area contributed by atoms with Crippen molar-refractivity contribution in [1.29, 1.82) is 0 Å². The number of carbonyl (C=O) groups is 3. The molecule has 6 atom stereocenters. The number of hydrogen-bond acceptors (Lipinski definition) is 7. The summed E-state index contributed by atoms with van der Waals surface area (Å²) in [5, 5.41) is 32.5. The van der Waals surface area contributed by atoms with Crippen LogP contribution in [0.25, 0.3) is 11.1 Å². The van der Waals surface area contributed by atoms with Crippen molar-refractivity contribution in [3.05, 3.63) is 83.3 Å². The van der Waals surface area contributed by atoms with E-state index in [1.54, 1.807) is 0 Å². The maximum Gasteiger partial charge on any atom is 0.339 e. The quantitative estimate of drug-likeness (QED) is 0.196. The topological polar surface area (TPSA) is 133 Å². The molecule has 0 aromatic heterocycles. The van der Waals surface area contributed by atoms with E-state index < -0.39 is 34.4 Å². The van der Waals surface area contributed by atoms with Crippen molar-refractivity contribution in [3.8, 4) is 22.6 Å². The van der Waals surface area contributed by atoms with E-state index in [0.717, 1.165) is 47.4 Å². The van der Waals surface area contributed by atoms with Gasteiger partial charge in [0.25, 0.3) is 0 Å². The molecule has 232 valence electrons. The molecule has 3 aromatic rings. The summed E-state index contributed by atoms with van der Waals surface area (Å²) in [6, 6.07) is 20.5. The predicted molar refractivity (Wildman–Crippen MR) is 170 cm³/mol. The SMILES string of the molecule is C[C@]12C[C@@]34C=C(Sc5ccc(-c6ccccc6)cc5)C(=O)[C@@](C)(CCC(=O)Nc5c(O)ccc(C(=O)O)c5O)[C@@H]3[C@H](C[C@@H]1C4)O2. The second kappa shape index (κ2) is 10.5. The number of carbonyl (C=O) groups excluding carboxylic acids is 2. The van der Waals surface area contributed by atoms with E-state index in [9.17, 15) is 29.7 Å². The number of carboxylic acids is 1. The summed E-state index contributed by atoms with van der Waals surface area (Å²) in [6.07, 6.45) is 4.99. The lowest BCUT2D eigenvalue weighted by atomic mass is 9.51. The number of thioether (sulfide) groups is 1. The lowest BCUT2D eigenvalue weighted by Gasteiger charge is -2.56.